The summed E-state index contributed by atoms with van der Waals surface area (Å²) < 4.78 is 16.6. The Morgan fingerprint density at radius 2 is 1.43 bits per heavy atom. The smallest absolute Gasteiger partial charge is 0.284 e. The Morgan fingerprint density at radius 1 is 1.00 bits per heavy atom. The van der Waals surface area contributed by atoms with Crippen LogP contribution in [-0.4, -0.2) is 42.7 Å². The SMILES string of the molecule is CCOC(CCN[SiH3])(OCC)OCC. The van der Waals surface area contributed by atoms with E-state index >= 15 is 0 Å². The summed E-state index contributed by atoms with van der Waals surface area (Å²) in [5, 5.41) is 0. The molecule has 0 atom stereocenters. The van der Waals surface area contributed by atoms with Crippen molar-refractivity contribution in [1.29, 1.82) is 0 Å². The van der Waals surface area contributed by atoms with Gasteiger partial charge in [0.1, 0.15) is 0 Å². The Labute approximate surface area is 89.8 Å². The molecule has 1 N–H and O–H groups in total. The van der Waals surface area contributed by atoms with Crippen LogP contribution in [0.25, 0.3) is 0 Å². The predicted octanol–water partition coefficient (Wildman–Crippen LogP) is 0.00980. The van der Waals surface area contributed by atoms with E-state index in [-0.39, 0.29) is 0 Å². The van der Waals surface area contributed by atoms with Gasteiger partial charge in [0.2, 0.25) is 0 Å². The monoisotopic (exact) mass is 221 g/mol. The van der Waals surface area contributed by atoms with Gasteiger partial charge in [0.25, 0.3) is 5.97 Å². The maximum atomic E-state index is 5.54. The molecule has 0 heterocycles. The molecule has 0 bridgehead atoms. The van der Waals surface area contributed by atoms with E-state index in [1.807, 2.05) is 20.8 Å². The molecule has 0 amide bonds. The van der Waals surface area contributed by atoms with E-state index in [1.54, 1.807) is 0 Å². The van der Waals surface area contributed by atoms with Gasteiger partial charge in [-0.25, -0.2) is 0 Å². The van der Waals surface area contributed by atoms with E-state index in [9.17, 15) is 0 Å². The Balaban J connectivity index is 4.21. The molecule has 5 heteroatoms. The molecule has 14 heavy (non-hydrogen) atoms. The van der Waals surface area contributed by atoms with Gasteiger partial charge in [0.15, 0.2) is 0 Å². The lowest BCUT2D eigenvalue weighted by Gasteiger charge is -2.32. The first-order chi connectivity index (χ1) is 6.74. The summed E-state index contributed by atoms with van der Waals surface area (Å²) in [5.74, 6) is -0.838. The molecular formula is C9H23NO3Si. The summed E-state index contributed by atoms with van der Waals surface area (Å²) in [7, 11) is 0.978. The summed E-state index contributed by atoms with van der Waals surface area (Å²) in [6, 6.07) is 0. The Bertz CT molecular complexity index is 118. The van der Waals surface area contributed by atoms with Crippen molar-refractivity contribution >= 4 is 10.4 Å². The number of hydrogen-bond acceptors (Lipinski definition) is 4. The van der Waals surface area contributed by atoms with Crippen molar-refractivity contribution < 1.29 is 14.2 Å². The lowest BCUT2D eigenvalue weighted by molar-refractivity contribution is -0.378. The van der Waals surface area contributed by atoms with Crippen LogP contribution in [0.5, 0.6) is 0 Å². The van der Waals surface area contributed by atoms with Crippen molar-refractivity contribution in [3.05, 3.63) is 0 Å². The third kappa shape index (κ3) is 5.07. The zero-order chi connectivity index (χ0) is 10.9. The van der Waals surface area contributed by atoms with Gasteiger partial charge < -0.3 is 19.2 Å². The molecule has 0 saturated heterocycles. The van der Waals surface area contributed by atoms with Crippen LogP contribution in [0, 0.1) is 0 Å². The molecule has 0 fully saturated rings. The van der Waals surface area contributed by atoms with E-state index < -0.39 is 5.97 Å². The quantitative estimate of drug-likeness (QED) is 0.440. The molecule has 0 saturated carbocycles. The van der Waals surface area contributed by atoms with Crippen LogP contribution in [0.15, 0.2) is 0 Å². The maximum absolute atomic E-state index is 5.54. The van der Waals surface area contributed by atoms with Crippen LogP contribution in [0.2, 0.25) is 0 Å². The number of rotatable bonds is 9. The molecule has 0 rings (SSSR count). The minimum Gasteiger partial charge on any atom is -0.345 e. The maximum Gasteiger partial charge on any atom is 0.284 e. The van der Waals surface area contributed by atoms with Gasteiger partial charge in [-0.15, -0.1) is 0 Å². The minimum atomic E-state index is -0.838. The first kappa shape index (κ1) is 14.1. The van der Waals surface area contributed by atoms with E-state index in [0.29, 0.717) is 19.8 Å². The van der Waals surface area contributed by atoms with Crippen molar-refractivity contribution in [2.24, 2.45) is 0 Å². The van der Waals surface area contributed by atoms with Crippen LogP contribution in [-0.2, 0) is 14.2 Å². The molecule has 4 nitrogen and oxygen atoms in total. The number of ether oxygens (including phenoxy) is 3. The van der Waals surface area contributed by atoms with Crippen molar-refractivity contribution in [1.82, 2.24) is 4.98 Å². The number of hydrogen-bond donors (Lipinski definition) is 1. The fraction of sp³-hybridized carbons (Fsp3) is 1.00. The molecular weight excluding hydrogens is 198 g/mol. The third-order valence-electron chi connectivity index (χ3n) is 1.77. The normalized spacial score (nSPS) is 12.2. The summed E-state index contributed by atoms with van der Waals surface area (Å²) in [6.07, 6.45) is 0.728. The Hall–Kier alpha value is 0.0569. The standard InChI is InChI=1S/C9H23NO3Si/c1-4-11-9(12-5-2,13-6-3)7-8-10-14/h10H,4-8H2,1-3,14H3. The summed E-state index contributed by atoms with van der Waals surface area (Å²) in [6.45, 7) is 8.50. The molecule has 0 aliphatic heterocycles. The fourth-order valence-electron chi connectivity index (χ4n) is 1.28. The van der Waals surface area contributed by atoms with E-state index in [4.69, 9.17) is 14.2 Å². The lowest BCUT2D eigenvalue weighted by atomic mass is 10.3. The van der Waals surface area contributed by atoms with Gasteiger partial charge >= 0.3 is 0 Å². The second-order valence-corrected chi connectivity index (χ2v) is 3.54. The molecule has 0 spiro atoms. The summed E-state index contributed by atoms with van der Waals surface area (Å²) in [5.41, 5.74) is 0. The van der Waals surface area contributed by atoms with Gasteiger partial charge in [-0.3, -0.25) is 0 Å². The lowest BCUT2D eigenvalue weighted by Crippen LogP contribution is -2.41. The van der Waals surface area contributed by atoms with Crippen molar-refractivity contribution in [3.63, 3.8) is 0 Å². The molecule has 86 valence electrons. The molecule has 0 aromatic heterocycles. The molecule has 0 aromatic carbocycles. The van der Waals surface area contributed by atoms with E-state index in [2.05, 4.69) is 4.98 Å². The van der Waals surface area contributed by atoms with Crippen LogP contribution < -0.4 is 4.98 Å². The molecule has 0 aromatic rings. The van der Waals surface area contributed by atoms with Crippen LogP contribution in [0.3, 0.4) is 0 Å². The van der Waals surface area contributed by atoms with Gasteiger partial charge in [0, 0.05) is 26.2 Å². The summed E-state index contributed by atoms with van der Waals surface area (Å²) in [4.78, 5) is 3.20. The first-order valence-corrected chi connectivity index (χ1v) is 6.31. The molecule has 0 aliphatic rings. The number of nitrogens with one attached hydrogen (secondary N) is 1. The highest BCUT2D eigenvalue weighted by Gasteiger charge is 2.31. The topological polar surface area (TPSA) is 39.7 Å². The molecule has 0 radical (unpaired) electrons. The van der Waals surface area contributed by atoms with Crippen LogP contribution in [0.4, 0.5) is 0 Å². The highest BCUT2D eigenvalue weighted by atomic mass is 28.2. The summed E-state index contributed by atoms with van der Waals surface area (Å²) >= 11 is 0. The zero-order valence-corrected chi connectivity index (χ0v) is 11.8. The molecule has 0 aliphatic carbocycles. The van der Waals surface area contributed by atoms with Gasteiger partial charge in [-0.1, -0.05) is 0 Å². The second kappa shape index (κ2) is 8.37. The van der Waals surface area contributed by atoms with Gasteiger partial charge in [0.05, 0.1) is 10.4 Å². The van der Waals surface area contributed by atoms with E-state index in [0.717, 1.165) is 23.4 Å². The second-order valence-electron chi connectivity index (χ2n) is 2.84. The molecule has 0 unspecified atom stereocenters. The zero-order valence-electron chi connectivity index (χ0n) is 9.76. The van der Waals surface area contributed by atoms with Gasteiger partial charge in [-0.05, 0) is 27.3 Å². The fourth-order valence-corrected chi connectivity index (χ4v) is 1.53. The highest BCUT2D eigenvalue weighted by molar-refractivity contribution is 6.04. The Kier molecular flexibility index (Phi) is 8.41. The van der Waals surface area contributed by atoms with Crippen LogP contribution in [0.1, 0.15) is 27.2 Å². The average Bonchev–Trinajstić information content (AvgIpc) is 2.16. The highest BCUT2D eigenvalue weighted by Crippen LogP contribution is 2.19. The third-order valence-corrected chi connectivity index (χ3v) is 2.27. The average molecular weight is 221 g/mol. The Morgan fingerprint density at radius 3 is 1.71 bits per heavy atom. The van der Waals surface area contributed by atoms with Crippen molar-refractivity contribution in [2.45, 2.75) is 33.2 Å². The predicted molar refractivity (Wildman–Crippen MR) is 60.2 cm³/mol. The minimum absolute atomic E-state index is 0.598. The van der Waals surface area contributed by atoms with E-state index in [1.165, 1.54) is 0 Å². The first-order valence-electron chi connectivity index (χ1n) is 5.31. The van der Waals surface area contributed by atoms with Crippen molar-refractivity contribution in [3.8, 4) is 0 Å². The van der Waals surface area contributed by atoms with Crippen molar-refractivity contribution in [2.75, 3.05) is 26.4 Å². The largest absolute Gasteiger partial charge is 0.345 e. The van der Waals surface area contributed by atoms with Gasteiger partial charge in [-0.2, -0.15) is 0 Å². The van der Waals surface area contributed by atoms with Crippen LogP contribution >= 0.6 is 0 Å².